The van der Waals surface area contributed by atoms with Gasteiger partial charge in [-0.1, -0.05) is 34.1 Å². The number of rotatable bonds is 5. The van der Waals surface area contributed by atoms with Crippen LogP contribution in [0.3, 0.4) is 0 Å². The number of carbonyl (C=O) groups excluding carboxylic acids is 3. The largest absolute Gasteiger partial charge is 0.464 e. The highest BCUT2D eigenvalue weighted by molar-refractivity contribution is 9.10. The highest BCUT2D eigenvalue weighted by Gasteiger charge is 2.60. The van der Waals surface area contributed by atoms with Gasteiger partial charge in [0.05, 0.1) is 12.3 Å². The quantitative estimate of drug-likeness (QED) is 0.435. The minimum atomic E-state index is -1.69. The Bertz CT molecular complexity index is 944. The number of ketones is 1. The van der Waals surface area contributed by atoms with E-state index in [1.165, 1.54) is 6.92 Å². The summed E-state index contributed by atoms with van der Waals surface area (Å²) in [7, 11) is 0. The van der Waals surface area contributed by atoms with E-state index in [1.54, 1.807) is 61.5 Å². The lowest BCUT2D eigenvalue weighted by Gasteiger charge is -2.31. The third kappa shape index (κ3) is 3.43. The van der Waals surface area contributed by atoms with E-state index in [1.807, 2.05) is 0 Å². The highest BCUT2D eigenvalue weighted by Crippen LogP contribution is 2.33. The number of amides is 1. The minimum Gasteiger partial charge on any atom is -0.464 e. The molecule has 1 amide bonds. The first-order valence-corrected chi connectivity index (χ1v) is 9.39. The van der Waals surface area contributed by atoms with Gasteiger partial charge in [0, 0.05) is 10.2 Å². The van der Waals surface area contributed by atoms with Gasteiger partial charge in [0.25, 0.3) is 5.78 Å². The van der Waals surface area contributed by atoms with E-state index in [9.17, 15) is 14.4 Å². The second kappa shape index (κ2) is 7.93. The van der Waals surface area contributed by atoms with Gasteiger partial charge in [0.1, 0.15) is 0 Å². The number of ether oxygens (including phenoxy) is 1. The summed E-state index contributed by atoms with van der Waals surface area (Å²) in [5.41, 5.74) is 1.85. The number of benzene rings is 2. The molecule has 1 fully saturated rings. The first-order chi connectivity index (χ1) is 13.4. The molecule has 28 heavy (non-hydrogen) atoms. The number of Topliss-reactive ketones (excluding diaryl/α,β-unsaturated/α-hetero) is 1. The van der Waals surface area contributed by atoms with E-state index in [4.69, 9.17) is 4.74 Å². The first-order valence-electron chi connectivity index (χ1n) is 8.60. The summed E-state index contributed by atoms with van der Waals surface area (Å²) in [5.74, 6) is -2.42. The molecule has 1 unspecified atom stereocenters. The fourth-order valence-electron chi connectivity index (χ4n) is 2.95. The summed E-state index contributed by atoms with van der Waals surface area (Å²) in [5, 5.41) is 4.13. The number of para-hydroxylation sites is 1. The number of hydrogen-bond donors (Lipinski definition) is 1. The van der Waals surface area contributed by atoms with Gasteiger partial charge < -0.3 is 4.74 Å². The van der Waals surface area contributed by atoms with E-state index < -0.39 is 23.2 Å². The molecule has 0 aromatic heterocycles. The van der Waals surface area contributed by atoms with Crippen LogP contribution in [0.1, 0.15) is 13.8 Å². The van der Waals surface area contributed by atoms with E-state index in [-0.39, 0.29) is 12.3 Å². The number of esters is 1. The predicted octanol–water partition coefficient (Wildman–Crippen LogP) is 3.15. The van der Waals surface area contributed by atoms with Gasteiger partial charge in [-0.25, -0.2) is 4.79 Å². The number of hydrogen-bond acceptors (Lipinski definition) is 6. The topological polar surface area (TPSA) is 88.1 Å². The molecule has 1 aliphatic rings. The number of nitrogens with one attached hydrogen (secondary N) is 1. The van der Waals surface area contributed by atoms with Crippen molar-refractivity contribution < 1.29 is 19.1 Å². The number of hydrazone groups is 1. The lowest BCUT2D eigenvalue weighted by Crippen LogP contribution is -2.55. The third-order valence-electron chi connectivity index (χ3n) is 4.35. The molecule has 3 rings (SSSR count). The van der Waals surface area contributed by atoms with Gasteiger partial charge >= 0.3 is 11.9 Å². The van der Waals surface area contributed by atoms with Crippen LogP contribution in [0.15, 0.2) is 64.2 Å². The molecule has 144 valence electrons. The molecule has 2 aromatic rings. The van der Waals surface area contributed by atoms with Crippen molar-refractivity contribution in [2.45, 2.75) is 19.4 Å². The van der Waals surface area contributed by atoms with E-state index in [2.05, 4.69) is 26.5 Å². The maximum absolute atomic E-state index is 12.8. The molecule has 1 heterocycles. The van der Waals surface area contributed by atoms with Crippen LogP contribution in [-0.4, -0.2) is 35.5 Å². The normalized spacial score (nSPS) is 20.5. The smallest absolute Gasteiger partial charge is 0.338 e. The highest BCUT2D eigenvalue weighted by atomic mass is 79.9. The third-order valence-corrected chi connectivity index (χ3v) is 4.88. The van der Waals surface area contributed by atoms with Crippen molar-refractivity contribution in [2.24, 2.45) is 5.10 Å². The van der Waals surface area contributed by atoms with Crippen molar-refractivity contribution in [3.63, 3.8) is 0 Å². The molecule has 0 bridgehead atoms. The summed E-state index contributed by atoms with van der Waals surface area (Å²) in [4.78, 5) is 39.4. The summed E-state index contributed by atoms with van der Waals surface area (Å²) in [6, 6.07) is 15.6. The van der Waals surface area contributed by atoms with Crippen LogP contribution in [0.4, 0.5) is 11.4 Å². The molecule has 1 saturated heterocycles. The molecule has 7 nitrogen and oxygen atoms in total. The van der Waals surface area contributed by atoms with Crippen LogP contribution in [0.5, 0.6) is 0 Å². The van der Waals surface area contributed by atoms with Crippen molar-refractivity contribution >= 4 is 50.7 Å². The average Bonchev–Trinajstić information content (AvgIpc) is 2.89. The maximum Gasteiger partial charge on any atom is 0.338 e. The molecule has 1 N–H and O–H groups in total. The van der Waals surface area contributed by atoms with E-state index in [0.717, 1.165) is 9.37 Å². The Labute approximate surface area is 170 Å². The zero-order valence-corrected chi connectivity index (χ0v) is 16.9. The first kappa shape index (κ1) is 19.8. The Morgan fingerprint density at radius 3 is 2.39 bits per heavy atom. The number of halogens is 1. The van der Waals surface area contributed by atoms with Crippen molar-refractivity contribution in [1.29, 1.82) is 0 Å². The van der Waals surface area contributed by atoms with Gasteiger partial charge in [-0.05, 0) is 50.2 Å². The van der Waals surface area contributed by atoms with Crippen LogP contribution in [0, 0.1) is 0 Å². The molecule has 0 spiro atoms. The van der Waals surface area contributed by atoms with Gasteiger partial charge in [0.2, 0.25) is 0 Å². The Morgan fingerprint density at radius 2 is 1.79 bits per heavy atom. The maximum atomic E-state index is 12.8. The molecular formula is C20H18BrN3O4. The Hall–Kier alpha value is -3.00. The number of anilines is 2. The van der Waals surface area contributed by atoms with Crippen molar-refractivity contribution in [2.75, 3.05) is 16.9 Å². The van der Waals surface area contributed by atoms with Crippen LogP contribution < -0.4 is 10.3 Å². The lowest BCUT2D eigenvalue weighted by molar-refractivity contribution is -0.147. The molecular weight excluding hydrogens is 426 g/mol. The molecule has 0 radical (unpaired) electrons. The van der Waals surface area contributed by atoms with Gasteiger partial charge in [-0.3, -0.25) is 19.9 Å². The van der Waals surface area contributed by atoms with E-state index in [0.29, 0.717) is 11.4 Å². The Kier molecular flexibility index (Phi) is 5.60. The molecule has 1 atom stereocenters. The summed E-state index contributed by atoms with van der Waals surface area (Å²) < 4.78 is 6.05. The summed E-state index contributed by atoms with van der Waals surface area (Å²) in [6.45, 7) is 3.22. The second-order valence-corrected chi connectivity index (χ2v) is 7.09. The number of nitrogens with zero attached hydrogens (tertiary/aromatic N) is 2. The Balaban J connectivity index is 2.07. The Morgan fingerprint density at radius 1 is 1.14 bits per heavy atom. The fourth-order valence-corrected chi connectivity index (χ4v) is 3.21. The minimum absolute atomic E-state index is 0.104. The van der Waals surface area contributed by atoms with Crippen LogP contribution >= 0.6 is 15.9 Å². The average molecular weight is 444 g/mol. The van der Waals surface area contributed by atoms with Gasteiger partial charge in [-0.2, -0.15) is 5.10 Å². The monoisotopic (exact) mass is 443 g/mol. The zero-order valence-electron chi connectivity index (χ0n) is 15.3. The second-order valence-electron chi connectivity index (χ2n) is 6.18. The molecule has 0 saturated carbocycles. The molecule has 8 heteroatoms. The summed E-state index contributed by atoms with van der Waals surface area (Å²) in [6.07, 6.45) is 0. The molecule has 1 aliphatic heterocycles. The zero-order chi connectivity index (χ0) is 20.3. The standard InChI is InChI=1S/C20H18BrN3O4/c1-3-28-19(27)20(2)17(23-22-14-11-9-13(21)10-12-14)16(25)18(26)24(20)15-7-5-4-6-8-15/h4-12,22H,3H2,1-2H3/b23-17+. The van der Waals surface area contributed by atoms with Crippen LogP contribution in [0.25, 0.3) is 0 Å². The van der Waals surface area contributed by atoms with Crippen molar-refractivity contribution in [1.82, 2.24) is 0 Å². The van der Waals surface area contributed by atoms with Crippen molar-refractivity contribution in [3.05, 3.63) is 59.1 Å². The van der Waals surface area contributed by atoms with E-state index >= 15 is 0 Å². The van der Waals surface area contributed by atoms with Crippen LogP contribution in [0.2, 0.25) is 0 Å². The predicted molar refractivity (Wildman–Crippen MR) is 109 cm³/mol. The van der Waals surface area contributed by atoms with Crippen molar-refractivity contribution in [3.8, 4) is 0 Å². The van der Waals surface area contributed by atoms with Gasteiger partial charge in [0.15, 0.2) is 11.3 Å². The fraction of sp³-hybridized carbons (Fsp3) is 0.200. The van der Waals surface area contributed by atoms with Gasteiger partial charge in [-0.15, -0.1) is 0 Å². The molecule has 0 aliphatic carbocycles. The lowest BCUT2D eigenvalue weighted by atomic mass is 9.95. The SMILES string of the molecule is CCOC(=O)C1(C)/C(=N/Nc2ccc(Br)cc2)C(=O)C(=O)N1c1ccccc1. The number of carbonyl (C=O) groups is 3. The molecule has 2 aromatic carbocycles. The van der Waals surface area contributed by atoms with Crippen LogP contribution in [-0.2, 0) is 19.1 Å². The summed E-state index contributed by atoms with van der Waals surface area (Å²) >= 11 is 3.34.